The molecule has 0 saturated carbocycles. The first kappa shape index (κ1) is 14.8. The lowest BCUT2D eigenvalue weighted by Crippen LogP contribution is -2.44. The molecule has 104 valence electrons. The van der Waals surface area contributed by atoms with Gasteiger partial charge < -0.3 is 4.74 Å². The highest BCUT2D eigenvalue weighted by Gasteiger charge is 2.22. The van der Waals surface area contributed by atoms with Crippen LogP contribution in [0.5, 0.6) is 0 Å². The Kier molecular flexibility index (Phi) is 5.22. The van der Waals surface area contributed by atoms with Crippen LogP contribution in [0, 0.1) is 0 Å². The Morgan fingerprint density at radius 2 is 2.26 bits per heavy atom. The Morgan fingerprint density at radius 1 is 1.47 bits per heavy atom. The molecule has 0 bridgehead atoms. The van der Waals surface area contributed by atoms with Gasteiger partial charge in [0.25, 0.3) is 0 Å². The molecule has 3 nitrogen and oxygen atoms in total. The predicted octanol–water partition coefficient (Wildman–Crippen LogP) is 3.29. The number of hydrogen-bond acceptors (Lipinski definition) is 3. The molecule has 5 heteroatoms. The van der Waals surface area contributed by atoms with Crippen LogP contribution in [0.4, 0.5) is 0 Å². The molecule has 1 atom stereocenters. The lowest BCUT2D eigenvalue weighted by molar-refractivity contribution is -0.0271. The molecular formula is C14H17Cl2NO2. The Labute approximate surface area is 123 Å². The van der Waals surface area contributed by atoms with Crippen molar-refractivity contribution in [2.45, 2.75) is 19.4 Å². The smallest absolute Gasteiger partial charge is 0.178 e. The number of rotatable bonds is 4. The topological polar surface area (TPSA) is 29.5 Å². The maximum atomic E-state index is 12.2. The summed E-state index contributed by atoms with van der Waals surface area (Å²) in [5.74, 6) is 0.0263. The Morgan fingerprint density at radius 3 is 2.95 bits per heavy atom. The van der Waals surface area contributed by atoms with Crippen LogP contribution in [0.15, 0.2) is 18.2 Å². The summed E-state index contributed by atoms with van der Waals surface area (Å²) < 4.78 is 5.59. The molecule has 2 rings (SSSR count). The van der Waals surface area contributed by atoms with Crippen LogP contribution in [-0.4, -0.2) is 43.0 Å². The summed E-state index contributed by atoms with van der Waals surface area (Å²) in [6, 6.07) is 4.98. The number of ether oxygens (including phenoxy) is 1. The molecule has 0 aromatic heterocycles. The zero-order valence-corrected chi connectivity index (χ0v) is 12.4. The molecule has 0 N–H and O–H groups in total. The monoisotopic (exact) mass is 301 g/mol. The van der Waals surface area contributed by atoms with Crippen molar-refractivity contribution in [3.63, 3.8) is 0 Å². The van der Waals surface area contributed by atoms with Crippen LogP contribution >= 0.6 is 23.2 Å². The molecule has 1 heterocycles. The minimum atomic E-state index is 0.0263. The van der Waals surface area contributed by atoms with Gasteiger partial charge in [-0.05, 0) is 24.6 Å². The third-order valence-electron chi connectivity index (χ3n) is 3.28. The van der Waals surface area contributed by atoms with Crippen LogP contribution in [0.2, 0.25) is 10.0 Å². The van der Waals surface area contributed by atoms with Crippen molar-refractivity contribution in [2.75, 3.05) is 26.2 Å². The fraction of sp³-hybridized carbons (Fsp3) is 0.500. The molecular weight excluding hydrogens is 285 g/mol. The Balaban J connectivity index is 2.00. The standard InChI is InChI=1S/C14H17Cl2NO2/c1-2-11-8-17(5-6-19-11)9-14(18)12-4-3-10(15)7-13(12)16/h3-4,7,11H,2,5-6,8-9H2,1H3. The second kappa shape index (κ2) is 6.71. The largest absolute Gasteiger partial charge is 0.376 e. The first-order valence-electron chi connectivity index (χ1n) is 6.42. The summed E-state index contributed by atoms with van der Waals surface area (Å²) in [5.41, 5.74) is 0.533. The normalized spacial score (nSPS) is 20.5. The van der Waals surface area contributed by atoms with Crippen molar-refractivity contribution in [2.24, 2.45) is 0 Å². The Hall–Kier alpha value is -0.610. The van der Waals surface area contributed by atoms with E-state index in [0.29, 0.717) is 28.8 Å². The molecule has 1 aromatic rings. The third-order valence-corrected chi connectivity index (χ3v) is 3.82. The maximum absolute atomic E-state index is 12.2. The van der Waals surface area contributed by atoms with E-state index in [2.05, 4.69) is 11.8 Å². The number of ketones is 1. The molecule has 1 saturated heterocycles. The van der Waals surface area contributed by atoms with E-state index in [4.69, 9.17) is 27.9 Å². The second-order valence-corrected chi connectivity index (χ2v) is 5.53. The number of benzene rings is 1. The Bertz CT molecular complexity index is 465. The summed E-state index contributed by atoms with van der Waals surface area (Å²) >= 11 is 11.9. The van der Waals surface area contributed by atoms with Crippen LogP contribution < -0.4 is 0 Å². The van der Waals surface area contributed by atoms with Crippen LogP contribution in [0.3, 0.4) is 0 Å². The molecule has 1 aromatic carbocycles. The predicted molar refractivity (Wildman–Crippen MR) is 77.3 cm³/mol. The van der Waals surface area contributed by atoms with Crippen molar-refractivity contribution in [3.8, 4) is 0 Å². The van der Waals surface area contributed by atoms with Gasteiger partial charge in [-0.15, -0.1) is 0 Å². The number of Topliss-reactive ketones (excluding diaryl/α,β-unsaturated/α-hetero) is 1. The van der Waals surface area contributed by atoms with E-state index in [1.165, 1.54) is 0 Å². The highest BCUT2D eigenvalue weighted by molar-refractivity contribution is 6.36. The van der Waals surface area contributed by atoms with Gasteiger partial charge in [0.15, 0.2) is 5.78 Å². The maximum Gasteiger partial charge on any atom is 0.178 e. The van der Waals surface area contributed by atoms with Crippen molar-refractivity contribution >= 4 is 29.0 Å². The van der Waals surface area contributed by atoms with Crippen LogP contribution in [0.1, 0.15) is 23.7 Å². The van der Waals surface area contributed by atoms with E-state index in [1.807, 2.05) is 0 Å². The van der Waals surface area contributed by atoms with Gasteiger partial charge >= 0.3 is 0 Å². The SMILES string of the molecule is CCC1CN(CC(=O)c2ccc(Cl)cc2Cl)CCO1. The quantitative estimate of drug-likeness (QED) is 0.799. The molecule has 1 aliphatic rings. The summed E-state index contributed by atoms with van der Waals surface area (Å²) in [7, 11) is 0. The van der Waals surface area contributed by atoms with Gasteiger partial charge in [-0.2, -0.15) is 0 Å². The molecule has 0 radical (unpaired) electrons. The lowest BCUT2D eigenvalue weighted by Gasteiger charge is -2.31. The van der Waals surface area contributed by atoms with Crippen molar-refractivity contribution in [1.82, 2.24) is 4.90 Å². The fourth-order valence-corrected chi connectivity index (χ4v) is 2.69. The lowest BCUT2D eigenvalue weighted by atomic mass is 10.1. The molecule has 0 spiro atoms. The summed E-state index contributed by atoms with van der Waals surface area (Å²) in [6.07, 6.45) is 1.19. The third kappa shape index (κ3) is 3.93. The summed E-state index contributed by atoms with van der Waals surface area (Å²) in [5, 5.41) is 0.955. The van der Waals surface area contributed by atoms with Gasteiger partial charge in [-0.25, -0.2) is 0 Å². The minimum Gasteiger partial charge on any atom is -0.376 e. The molecule has 1 unspecified atom stereocenters. The zero-order valence-electron chi connectivity index (χ0n) is 10.9. The molecule has 1 aliphatic heterocycles. The van der Waals surface area contributed by atoms with E-state index in [0.717, 1.165) is 19.5 Å². The highest BCUT2D eigenvalue weighted by Crippen LogP contribution is 2.22. The summed E-state index contributed by atoms with van der Waals surface area (Å²) in [4.78, 5) is 14.3. The average Bonchev–Trinajstić information content (AvgIpc) is 2.38. The number of nitrogens with zero attached hydrogens (tertiary/aromatic N) is 1. The van der Waals surface area contributed by atoms with Gasteiger partial charge in [-0.3, -0.25) is 9.69 Å². The molecule has 0 amide bonds. The van der Waals surface area contributed by atoms with E-state index >= 15 is 0 Å². The zero-order chi connectivity index (χ0) is 13.8. The first-order valence-corrected chi connectivity index (χ1v) is 7.18. The average molecular weight is 302 g/mol. The number of hydrogen-bond donors (Lipinski definition) is 0. The minimum absolute atomic E-state index is 0.0263. The van der Waals surface area contributed by atoms with Crippen LogP contribution in [-0.2, 0) is 4.74 Å². The van der Waals surface area contributed by atoms with Crippen LogP contribution in [0.25, 0.3) is 0 Å². The van der Waals surface area contributed by atoms with Crippen molar-refractivity contribution in [3.05, 3.63) is 33.8 Å². The van der Waals surface area contributed by atoms with E-state index < -0.39 is 0 Å². The van der Waals surface area contributed by atoms with E-state index in [1.54, 1.807) is 18.2 Å². The number of carbonyl (C=O) groups is 1. The fourth-order valence-electron chi connectivity index (χ4n) is 2.17. The highest BCUT2D eigenvalue weighted by atomic mass is 35.5. The second-order valence-electron chi connectivity index (χ2n) is 4.68. The molecule has 0 aliphatic carbocycles. The molecule has 1 fully saturated rings. The summed E-state index contributed by atoms with van der Waals surface area (Å²) in [6.45, 7) is 4.73. The number of morpholine rings is 1. The van der Waals surface area contributed by atoms with Crippen molar-refractivity contribution < 1.29 is 9.53 Å². The van der Waals surface area contributed by atoms with Gasteiger partial charge in [0.05, 0.1) is 24.3 Å². The number of carbonyl (C=O) groups excluding carboxylic acids is 1. The molecule has 19 heavy (non-hydrogen) atoms. The van der Waals surface area contributed by atoms with Gasteiger partial charge in [0.2, 0.25) is 0 Å². The van der Waals surface area contributed by atoms with Gasteiger partial charge in [-0.1, -0.05) is 30.1 Å². The number of halogens is 2. The van der Waals surface area contributed by atoms with Gasteiger partial charge in [0.1, 0.15) is 0 Å². The van der Waals surface area contributed by atoms with Crippen molar-refractivity contribution in [1.29, 1.82) is 0 Å². The van der Waals surface area contributed by atoms with E-state index in [-0.39, 0.29) is 11.9 Å². The van der Waals surface area contributed by atoms with E-state index in [9.17, 15) is 4.79 Å². The first-order chi connectivity index (χ1) is 9.10. The van der Waals surface area contributed by atoms with Gasteiger partial charge in [0, 0.05) is 23.7 Å².